The average Bonchev–Trinajstić information content (AvgIpc) is 3.12. The first-order valence-electron chi connectivity index (χ1n) is 11.1. The highest BCUT2D eigenvalue weighted by Crippen LogP contribution is 2.37. The van der Waals surface area contributed by atoms with Crippen LogP contribution in [0.15, 0.2) is 30.3 Å². The minimum absolute atomic E-state index is 0.249. The molecular weight excluding hydrogens is 416 g/mol. The lowest BCUT2D eigenvalue weighted by atomic mass is 9.98. The Morgan fingerprint density at radius 2 is 1.84 bits per heavy atom. The number of nitrogens with zero attached hydrogens (tertiary/aromatic N) is 2. The van der Waals surface area contributed by atoms with E-state index in [2.05, 4.69) is 28.0 Å². The summed E-state index contributed by atoms with van der Waals surface area (Å²) in [5.41, 5.74) is 3.54. The van der Waals surface area contributed by atoms with E-state index in [1.54, 1.807) is 0 Å². The van der Waals surface area contributed by atoms with Gasteiger partial charge in [-0.2, -0.15) is 0 Å². The van der Waals surface area contributed by atoms with Gasteiger partial charge in [-0.3, -0.25) is 9.80 Å². The maximum atomic E-state index is 9.51. The molecule has 1 saturated heterocycles. The fourth-order valence-electron chi connectivity index (χ4n) is 4.76. The van der Waals surface area contributed by atoms with Crippen molar-refractivity contribution in [2.24, 2.45) is 5.92 Å². The molecule has 0 spiro atoms. The van der Waals surface area contributed by atoms with Crippen LogP contribution in [0.4, 0.5) is 0 Å². The molecule has 0 saturated carbocycles. The molecule has 3 aliphatic heterocycles. The molecule has 0 aromatic heterocycles. The molecule has 3 aliphatic rings. The summed E-state index contributed by atoms with van der Waals surface area (Å²) in [5.74, 6) is 2.84. The second-order valence-corrected chi connectivity index (χ2v) is 9.13. The van der Waals surface area contributed by atoms with Crippen molar-refractivity contribution in [1.82, 2.24) is 9.80 Å². The zero-order valence-corrected chi connectivity index (χ0v) is 18.4. The van der Waals surface area contributed by atoms with Crippen molar-refractivity contribution in [2.75, 3.05) is 39.6 Å². The van der Waals surface area contributed by atoms with E-state index < -0.39 is 0 Å². The molecule has 1 N–H and O–H groups in total. The topological polar surface area (TPSA) is 54.4 Å². The Morgan fingerprint density at radius 3 is 2.71 bits per heavy atom. The number of ether oxygens (including phenoxy) is 3. The smallest absolute Gasteiger partial charge is 0.231 e. The summed E-state index contributed by atoms with van der Waals surface area (Å²) in [4.78, 5) is 4.82. The van der Waals surface area contributed by atoms with Crippen LogP contribution >= 0.6 is 11.6 Å². The standard InChI is InChI=1S/C24H29ClN2O4/c25-21-10-24-23(30-16-31-24)9-19(21)13-27-6-7-29-22-4-3-17(8-20(22)14-27)11-26-5-1-2-18(12-26)15-28/h3-4,8-10,18,28H,1-2,5-7,11-16H2/t18-/m0/s1. The van der Waals surface area contributed by atoms with E-state index in [0.29, 0.717) is 23.3 Å². The van der Waals surface area contributed by atoms with Gasteiger partial charge in [-0.05, 0) is 54.6 Å². The molecule has 2 aromatic carbocycles. The van der Waals surface area contributed by atoms with Crippen LogP contribution in [0.2, 0.25) is 5.02 Å². The number of aliphatic hydroxyl groups excluding tert-OH is 1. The molecule has 0 bridgehead atoms. The van der Waals surface area contributed by atoms with Crippen molar-refractivity contribution in [3.63, 3.8) is 0 Å². The summed E-state index contributed by atoms with van der Waals surface area (Å²) < 4.78 is 17.0. The number of hydrogen-bond acceptors (Lipinski definition) is 6. The van der Waals surface area contributed by atoms with Crippen LogP contribution in [0, 0.1) is 5.92 Å². The van der Waals surface area contributed by atoms with Gasteiger partial charge in [0.25, 0.3) is 0 Å². The molecule has 0 aliphatic carbocycles. The molecule has 3 heterocycles. The van der Waals surface area contributed by atoms with Gasteiger partial charge in [0.05, 0.1) is 0 Å². The lowest BCUT2D eigenvalue weighted by molar-refractivity contribution is 0.116. The summed E-state index contributed by atoms with van der Waals surface area (Å²) in [6.07, 6.45) is 2.28. The van der Waals surface area contributed by atoms with Crippen molar-refractivity contribution in [3.05, 3.63) is 52.0 Å². The molecular formula is C24H29ClN2O4. The highest BCUT2D eigenvalue weighted by atomic mass is 35.5. The summed E-state index contributed by atoms with van der Waals surface area (Å²) >= 11 is 6.51. The zero-order valence-electron chi connectivity index (χ0n) is 17.7. The Balaban J connectivity index is 1.29. The van der Waals surface area contributed by atoms with Gasteiger partial charge < -0.3 is 19.3 Å². The number of aliphatic hydroxyl groups is 1. The minimum Gasteiger partial charge on any atom is -0.492 e. The first kappa shape index (κ1) is 20.9. The number of piperidine rings is 1. The van der Waals surface area contributed by atoms with Gasteiger partial charge >= 0.3 is 0 Å². The van der Waals surface area contributed by atoms with E-state index in [1.807, 2.05) is 12.1 Å². The number of halogens is 1. The Kier molecular flexibility index (Phi) is 6.23. The monoisotopic (exact) mass is 444 g/mol. The van der Waals surface area contributed by atoms with E-state index in [0.717, 1.165) is 69.2 Å². The van der Waals surface area contributed by atoms with E-state index in [1.165, 1.54) is 11.1 Å². The third-order valence-corrected chi connectivity index (χ3v) is 6.74. The number of rotatable bonds is 5. The van der Waals surface area contributed by atoms with Crippen LogP contribution < -0.4 is 14.2 Å². The molecule has 7 heteroatoms. The van der Waals surface area contributed by atoms with Gasteiger partial charge in [0.1, 0.15) is 12.4 Å². The Morgan fingerprint density at radius 1 is 0.968 bits per heavy atom. The second kappa shape index (κ2) is 9.25. The first-order chi connectivity index (χ1) is 15.2. The molecule has 2 aromatic rings. The highest BCUT2D eigenvalue weighted by Gasteiger charge is 2.22. The third kappa shape index (κ3) is 4.77. The van der Waals surface area contributed by atoms with Crippen LogP contribution in [0.25, 0.3) is 0 Å². The SMILES string of the molecule is OC[C@H]1CCCN(Cc2ccc3c(c2)CN(Cc2cc4c(cc2Cl)OCO4)CCO3)C1. The quantitative estimate of drug-likeness (QED) is 0.759. The number of likely N-dealkylation sites (tertiary alicyclic amines) is 1. The van der Waals surface area contributed by atoms with Crippen LogP contribution in [0.3, 0.4) is 0 Å². The third-order valence-electron chi connectivity index (χ3n) is 6.39. The maximum absolute atomic E-state index is 9.51. The van der Waals surface area contributed by atoms with Gasteiger partial charge in [-0.25, -0.2) is 0 Å². The highest BCUT2D eigenvalue weighted by molar-refractivity contribution is 6.31. The molecule has 1 fully saturated rings. The van der Waals surface area contributed by atoms with Crippen LogP contribution in [-0.2, 0) is 19.6 Å². The predicted molar refractivity (Wildman–Crippen MR) is 119 cm³/mol. The molecule has 166 valence electrons. The van der Waals surface area contributed by atoms with Crippen molar-refractivity contribution >= 4 is 11.6 Å². The van der Waals surface area contributed by atoms with E-state index >= 15 is 0 Å². The molecule has 0 unspecified atom stereocenters. The van der Waals surface area contributed by atoms with Gasteiger partial charge in [-0.15, -0.1) is 0 Å². The van der Waals surface area contributed by atoms with E-state index in [4.69, 9.17) is 25.8 Å². The summed E-state index contributed by atoms with van der Waals surface area (Å²) in [6, 6.07) is 10.4. The lowest BCUT2D eigenvalue weighted by Gasteiger charge is -2.32. The second-order valence-electron chi connectivity index (χ2n) is 8.72. The Labute approximate surface area is 188 Å². The molecule has 0 radical (unpaired) electrons. The van der Waals surface area contributed by atoms with Crippen molar-refractivity contribution < 1.29 is 19.3 Å². The van der Waals surface area contributed by atoms with E-state index in [9.17, 15) is 5.11 Å². The molecule has 0 amide bonds. The number of fused-ring (bicyclic) bond motifs is 2. The van der Waals surface area contributed by atoms with Gasteiger partial charge in [0.15, 0.2) is 11.5 Å². The fourth-order valence-corrected chi connectivity index (χ4v) is 4.97. The van der Waals surface area contributed by atoms with Crippen LogP contribution in [0.1, 0.15) is 29.5 Å². The normalized spacial score (nSPS) is 21.4. The van der Waals surface area contributed by atoms with Crippen molar-refractivity contribution in [2.45, 2.75) is 32.5 Å². The predicted octanol–water partition coefficient (Wildman–Crippen LogP) is 3.67. The maximum Gasteiger partial charge on any atom is 0.231 e. The summed E-state index contributed by atoms with van der Waals surface area (Å²) in [6.45, 7) is 6.54. The lowest BCUT2D eigenvalue weighted by Crippen LogP contribution is -2.36. The zero-order chi connectivity index (χ0) is 21.2. The van der Waals surface area contributed by atoms with Crippen LogP contribution in [-0.4, -0.2) is 54.5 Å². The van der Waals surface area contributed by atoms with Gasteiger partial charge in [0.2, 0.25) is 6.79 Å². The Bertz CT molecular complexity index is 938. The molecule has 31 heavy (non-hydrogen) atoms. The molecule has 5 rings (SSSR count). The summed E-state index contributed by atoms with van der Waals surface area (Å²) in [7, 11) is 0. The van der Waals surface area contributed by atoms with Crippen LogP contribution in [0.5, 0.6) is 17.2 Å². The van der Waals surface area contributed by atoms with Gasteiger partial charge in [-0.1, -0.05) is 17.7 Å². The summed E-state index contributed by atoms with van der Waals surface area (Å²) in [5, 5.41) is 10.2. The van der Waals surface area contributed by atoms with Crippen molar-refractivity contribution in [1.29, 1.82) is 0 Å². The van der Waals surface area contributed by atoms with Crippen molar-refractivity contribution in [3.8, 4) is 17.2 Å². The fraction of sp³-hybridized carbons (Fsp3) is 0.500. The minimum atomic E-state index is 0.249. The average molecular weight is 445 g/mol. The molecule has 6 nitrogen and oxygen atoms in total. The Hall–Kier alpha value is -1.99. The molecule has 1 atom stereocenters. The van der Waals surface area contributed by atoms with E-state index in [-0.39, 0.29) is 13.4 Å². The largest absolute Gasteiger partial charge is 0.492 e. The number of hydrogen-bond donors (Lipinski definition) is 1. The first-order valence-corrected chi connectivity index (χ1v) is 11.4. The van der Waals surface area contributed by atoms with Gasteiger partial charge in [0, 0.05) is 56.0 Å². The number of benzene rings is 2.